The smallest absolute Gasteiger partial charge is 0.292 e. The minimum Gasteiger partial charge on any atom is -0.299 e. The van der Waals surface area contributed by atoms with Crippen molar-refractivity contribution >= 4 is 23.1 Å². The van der Waals surface area contributed by atoms with E-state index in [-0.39, 0.29) is 34.5 Å². The van der Waals surface area contributed by atoms with Gasteiger partial charge in [0.05, 0.1) is 16.4 Å². The summed E-state index contributed by atoms with van der Waals surface area (Å²) in [6.45, 7) is 3.48. The number of halogens is 1. The van der Waals surface area contributed by atoms with Gasteiger partial charge in [0.25, 0.3) is 5.69 Å². The largest absolute Gasteiger partial charge is 0.299 e. The van der Waals surface area contributed by atoms with Crippen LogP contribution >= 0.6 is 11.6 Å². The lowest BCUT2D eigenvalue weighted by Gasteiger charge is -2.04. The van der Waals surface area contributed by atoms with Crippen LogP contribution in [0.15, 0.2) is 12.3 Å². The molecule has 0 atom stereocenters. The number of nitro groups is 1. The number of hydrogen-bond acceptors (Lipinski definition) is 4. The van der Waals surface area contributed by atoms with Gasteiger partial charge in [0.1, 0.15) is 11.5 Å². The highest BCUT2D eigenvalue weighted by Gasteiger charge is 2.19. The SMILES string of the molecule is CC(C)C(=O)Cc1ncc(Cl)cc1[N+](=O)[O-]. The fourth-order valence-corrected chi connectivity index (χ4v) is 1.27. The number of rotatable bonds is 4. The average Bonchev–Trinajstić information content (AvgIpc) is 2.20. The zero-order valence-electron chi connectivity index (χ0n) is 8.94. The van der Waals surface area contributed by atoms with Crippen LogP contribution in [-0.2, 0) is 11.2 Å². The minimum atomic E-state index is -0.582. The summed E-state index contributed by atoms with van der Waals surface area (Å²) in [6, 6.07) is 1.21. The maximum Gasteiger partial charge on any atom is 0.292 e. The molecule has 86 valence electrons. The fraction of sp³-hybridized carbons (Fsp3) is 0.400. The highest BCUT2D eigenvalue weighted by atomic mass is 35.5. The summed E-state index contributed by atoms with van der Waals surface area (Å²) in [4.78, 5) is 25.4. The summed E-state index contributed by atoms with van der Waals surface area (Å²) >= 11 is 5.61. The maximum atomic E-state index is 11.5. The highest BCUT2D eigenvalue weighted by Crippen LogP contribution is 2.21. The second-order valence-corrected chi connectivity index (χ2v) is 4.11. The molecule has 0 bridgehead atoms. The number of carbonyl (C=O) groups excluding carboxylic acids is 1. The van der Waals surface area contributed by atoms with E-state index in [1.807, 2.05) is 0 Å². The Morgan fingerprint density at radius 2 is 2.25 bits per heavy atom. The number of ketones is 1. The molecule has 16 heavy (non-hydrogen) atoms. The number of carbonyl (C=O) groups is 1. The van der Waals surface area contributed by atoms with Gasteiger partial charge in [-0.1, -0.05) is 25.4 Å². The molecule has 0 amide bonds. The Hall–Kier alpha value is -1.49. The number of nitrogens with zero attached hydrogens (tertiary/aromatic N) is 2. The standard InChI is InChI=1S/C10H11ClN2O3/c1-6(2)10(14)4-8-9(13(15)16)3-7(11)5-12-8/h3,5-6H,4H2,1-2H3. The second-order valence-electron chi connectivity index (χ2n) is 3.67. The first-order valence-corrected chi connectivity index (χ1v) is 5.11. The van der Waals surface area contributed by atoms with Gasteiger partial charge >= 0.3 is 0 Å². The number of Topliss-reactive ketones (excluding diaryl/α,β-unsaturated/α-hetero) is 1. The first-order chi connectivity index (χ1) is 7.41. The molecule has 0 radical (unpaired) electrons. The molecule has 0 aliphatic heterocycles. The Morgan fingerprint density at radius 1 is 1.62 bits per heavy atom. The van der Waals surface area contributed by atoms with Crippen LogP contribution in [0.3, 0.4) is 0 Å². The Bertz CT molecular complexity index is 432. The van der Waals surface area contributed by atoms with Gasteiger partial charge < -0.3 is 0 Å². The molecule has 0 aromatic carbocycles. The Balaban J connectivity index is 3.04. The van der Waals surface area contributed by atoms with E-state index in [9.17, 15) is 14.9 Å². The molecule has 0 fully saturated rings. The lowest BCUT2D eigenvalue weighted by atomic mass is 10.0. The molecule has 1 rings (SSSR count). The van der Waals surface area contributed by atoms with Crippen molar-refractivity contribution in [2.75, 3.05) is 0 Å². The molecule has 0 saturated heterocycles. The van der Waals surface area contributed by atoms with E-state index in [1.54, 1.807) is 13.8 Å². The lowest BCUT2D eigenvalue weighted by molar-refractivity contribution is -0.385. The van der Waals surface area contributed by atoms with Crippen LogP contribution in [0.4, 0.5) is 5.69 Å². The van der Waals surface area contributed by atoms with E-state index in [0.29, 0.717) is 0 Å². The summed E-state index contributed by atoms with van der Waals surface area (Å²) in [6.07, 6.45) is 1.27. The monoisotopic (exact) mass is 242 g/mol. The van der Waals surface area contributed by atoms with Crippen molar-refractivity contribution < 1.29 is 9.72 Å². The van der Waals surface area contributed by atoms with E-state index in [2.05, 4.69) is 4.98 Å². The number of pyridine rings is 1. The Labute approximate surface area is 97.6 Å². The van der Waals surface area contributed by atoms with Crippen molar-refractivity contribution in [3.8, 4) is 0 Å². The van der Waals surface area contributed by atoms with Crippen LogP contribution in [0.1, 0.15) is 19.5 Å². The van der Waals surface area contributed by atoms with Gasteiger partial charge in [-0.3, -0.25) is 19.9 Å². The molecule has 5 nitrogen and oxygen atoms in total. The van der Waals surface area contributed by atoms with Gasteiger partial charge in [-0.05, 0) is 0 Å². The van der Waals surface area contributed by atoms with Crippen LogP contribution in [-0.4, -0.2) is 15.7 Å². The first-order valence-electron chi connectivity index (χ1n) is 4.73. The van der Waals surface area contributed by atoms with Gasteiger partial charge in [-0.2, -0.15) is 0 Å². The van der Waals surface area contributed by atoms with Crippen LogP contribution in [0.2, 0.25) is 5.02 Å². The molecule has 0 spiro atoms. The molecule has 1 aromatic heterocycles. The quantitative estimate of drug-likeness (QED) is 0.600. The van der Waals surface area contributed by atoms with Gasteiger partial charge in [-0.25, -0.2) is 0 Å². The normalized spacial score (nSPS) is 10.5. The second kappa shape index (κ2) is 5.03. The summed E-state index contributed by atoms with van der Waals surface area (Å²) in [5.41, 5.74) is -0.0467. The van der Waals surface area contributed by atoms with E-state index < -0.39 is 4.92 Å². The molecule has 0 unspecified atom stereocenters. The van der Waals surface area contributed by atoms with Crippen LogP contribution in [0.5, 0.6) is 0 Å². The highest BCUT2D eigenvalue weighted by molar-refractivity contribution is 6.30. The topological polar surface area (TPSA) is 73.1 Å². The van der Waals surface area contributed by atoms with E-state index in [1.165, 1.54) is 12.3 Å². The van der Waals surface area contributed by atoms with Crippen molar-refractivity contribution in [1.29, 1.82) is 0 Å². The molecular formula is C10H11ClN2O3. The van der Waals surface area contributed by atoms with Crippen LogP contribution < -0.4 is 0 Å². The van der Waals surface area contributed by atoms with E-state index in [0.717, 1.165) is 0 Å². The van der Waals surface area contributed by atoms with Gasteiger partial charge in [0.2, 0.25) is 0 Å². The predicted molar refractivity (Wildman–Crippen MR) is 59.5 cm³/mol. The molecule has 0 saturated carbocycles. The van der Waals surface area contributed by atoms with Gasteiger partial charge in [-0.15, -0.1) is 0 Å². The zero-order valence-corrected chi connectivity index (χ0v) is 9.69. The number of aromatic nitrogens is 1. The third kappa shape index (κ3) is 3.00. The molecule has 1 heterocycles. The maximum absolute atomic E-state index is 11.5. The van der Waals surface area contributed by atoms with Crippen molar-refractivity contribution in [3.05, 3.63) is 33.1 Å². The number of hydrogen-bond donors (Lipinski definition) is 0. The summed E-state index contributed by atoms with van der Waals surface area (Å²) < 4.78 is 0. The van der Waals surface area contributed by atoms with Gasteiger partial charge in [0, 0.05) is 18.2 Å². The van der Waals surface area contributed by atoms with E-state index in [4.69, 9.17) is 11.6 Å². The van der Waals surface area contributed by atoms with Crippen molar-refractivity contribution in [2.24, 2.45) is 5.92 Å². The molecule has 1 aromatic rings. The van der Waals surface area contributed by atoms with Crippen molar-refractivity contribution in [2.45, 2.75) is 20.3 Å². The lowest BCUT2D eigenvalue weighted by Crippen LogP contribution is -2.12. The zero-order chi connectivity index (χ0) is 12.3. The first kappa shape index (κ1) is 12.6. The molecule has 6 heteroatoms. The third-order valence-corrected chi connectivity index (χ3v) is 2.30. The Kier molecular flexibility index (Phi) is 3.95. The Morgan fingerprint density at radius 3 is 2.75 bits per heavy atom. The fourth-order valence-electron chi connectivity index (χ4n) is 1.12. The summed E-state index contributed by atoms with van der Waals surface area (Å²) in [5, 5.41) is 10.9. The molecule has 0 aliphatic carbocycles. The molecular weight excluding hydrogens is 232 g/mol. The average molecular weight is 243 g/mol. The van der Waals surface area contributed by atoms with Crippen molar-refractivity contribution in [3.63, 3.8) is 0 Å². The van der Waals surface area contributed by atoms with E-state index >= 15 is 0 Å². The molecule has 0 N–H and O–H groups in total. The van der Waals surface area contributed by atoms with Gasteiger partial charge in [0.15, 0.2) is 0 Å². The molecule has 0 aliphatic rings. The van der Waals surface area contributed by atoms with Crippen LogP contribution in [0, 0.1) is 16.0 Å². The predicted octanol–water partition coefficient (Wildman–Crippen LogP) is 2.41. The summed E-state index contributed by atoms with van der Waals surface area (Å²) in [7, 11) is 0. The minimum absolute atomic E-state index is 0.0366. The van der Waals surface area contributed by atoms with Crippen LogP contribution in [0.25, 0.3) is 0 Å². The third-order valence-electron chi connectivity index (χ3n) is 2.10. The summed E-state index contributed by atoms with van der Waals surface area (Å²) in [5.74, 6) is -0.255. The van der Waals surface area contributed by atoms with Crippen molar-refractivity contribution in [1.82, 2.24) is 4.98 Å².